The van der Waals surface area contributed by atoms with Gasteiger partial charge in [0.2, 0.25) is 0 Å². The van der Waals surface area contributed by atoms with Gasteiger partial charge in [0, 0.05) is 16.8 Å². The summed E-state index contributed by atoms with van der Waals surface area (Å²) in [6.45, 7) is 5.47. The lowest BCUT2D eigenvalue weighted by Crippen LogP contribution is -2.26. The van der Waals surface area contributed by atoms with Gasteiger partial charge in [-0.05, 0) is 44.5 Å². The molecule has 0 saturated carbocycles. The van der Waals surface area contributed by atoms with Crippen LogP contribution in [-0.2, 0) is 10.5 Å². The molecule has 0 atom stereocenters. The highest BCUT2D eigenvalue weighted by atomic mass is 32.2. The van der Waals surface area contributed by atoms with Gasteiger partial charge in [-0.2, -0.15) is 0 Å². The summed E-state index contributed by atoms with van der Waals surface area (Å²) in [5.74, 6) is 1.65. The number of thioether (sulfide) groups is 1. The van der Waals surface area contributed by atoms with Crippen LogP contribution in [0.25, 0.3) is 11.2 Å². The third-order valence-corrected chi connectivity index (χ3v) is 4.55. The van der Waals surface area contributed by atoms with E-state index in [0.29, 0.717) is 11.2 Å². The fourth-order valence-electron chi connectivity index (χ4n) is 2.29. The Bertz CT molecular complexity index is 914. The number of carbonyl (C=O) groups excluding carboxylic acids is 1. The minimum atomic E-state index is -0.568. The molecule has 136 valence electrons. The minimum absolute atomic E-state index is 0.480. The Balaban J connectivity index is 1.72. The van der Waals surface area contributed by atoms with Crippen LogP contribution in [-0.4, -0.2) is 33.3 Å². The van der Waals surface area contributed by atoms with Gasteiger partial charge in [-0.1, -0.05) is 12.1 Å². The van der Waals surface area contributed by atoms with Crippen molar-refractivity contribution in [1.29, 1.82) is 0 Å². The van der Waals surface area contributed by atoms with Crippen LogP contribution in [0.4, 0.5) is 4.79 Å². The lowest BCUT2D eigenvalue weighted by Gasteiger charge is -2.19. The average molecular weight is 371 g/mol. The van der Waals surface area contributed by atoms with Crippen LogP contribution in [0.3, 0.4) is 0 Å². The summed E-state index contributed by atoms with van der Waals surface area (Å²) in [4.78, 5) is 21.9. The predicted octanol–water partition coefficient (Wildman–Crippen LogP) is 4.52. The molecule has 0 fully saturated rings. The second kappa shape index (κ2) is 7.37. The summed E-state index contributed by atoms with van der Waals surface area (Å²) in [7, 11) is 1.65. The van der Waals surface area contributed by atoms with Gasteiger partial charge in [0.1, 0.15) is 23.2 Å². The summed E-state index contributed by atoms with van der Waals surface area (Å²) in [5.41, 5.74) is 1.78. The smallest absolute Gasteiger partial charge is 0.421 e. The van der Waals surface area contributed by atoms with E-state index in [0.717, 1.165) is 16.4 Å². The first-order chi connectivity index (χ1) is 12.4. The molecule has 3 aromatic rings. The minimum Gasteiger partial charge on any atom is -0.497 e. The summed E-state index contributed by atoms with van der Waals surface area (Å²) >= 11 is 1.66. The van der Waals surface area contributed by atoms with Crippen molar-refractivity contribution >= 4 is 29.0 Å². The Morgan fingerprint density at radius 3 is 2.58 bits per heavy atom. The molecule has 0 radical (unpaired) electrons. The van der Waals surface area contributed by atoms with Gasteiger partial charge < -0.3 is 9.47 Å². The summed E-state index contributed by atoms with van der Waals surface area (Å²) < 4.78 is 11.9. The first-order valence-corrected chi connectivity index (χ1v) is 9.16. The Hall–Kier alpha value is -2.54. The molecule has 3 rings (SSSR count). The maximum absolute atomic E-state index is 12.2. The van der Waals surface area contributed by atoms with Crippen molar-refractivity contribution in [2.75, 3.05) is 7.11 Å². The average Bonchev–Trinajstić information content (AvgIpc) is 3.02. The molecule has 0 aliphatic rings. The van der Waals surface area contributed by atoms with Crippen molar-refractivity contribution in [3.63, 3.8) is 0 Å². The number of pyridine rings is 1. The largest absolute Gasteiger partial charge is 0.497 e. The van der Waals surface area contributed by atoms with Crippen LogP contribution < -0.4 is 4.74 Å². The molecule has 0 spiro atoms. The normalized spacial score (nSPS) is 11.5. The first kappa shape index (κ1) is 18.3. The van der Waals surface area contributed by atoms with Crippen LogP contribution in [0.2, 0.25) is 0 Å². The fraction of sp³-hybridized carbons (Fsp3) is 0.316. The predicted molar refractivity (Wildman–Crippen MR) is 102 cm³/mol. The van der Waals surface area contributed by atoms with E-state index >= 15 is 0 Å². The Kier molecular flexibility index (Phi) is 5.18. The second-order valence-corrected chi connectivity index (χ2v) is 7.79. The molecule has 2 aromatic heterocycles. The fourth-order valence-corrected chi connectivity index (χ4v) is 3.14. The third kappa shape index (κ3) is 4.35. The van der Waals surface area contributed by atoms with E-state index in [1.807, 2.05) is 51.1 Å². The highest BCUT2D eigenvalue weighted by Gasteiger charge is 2.20. The zero-order valence-corrected chi connectivity index (χ0v) is 16.0. The van der Waals surface area contributed by atoms with E-state index < -0.39 is 11.7 Å². The molecule has 1 aromatic carbocycles. The van der Waals surface area contributed by atoms with E-state index in [9.17, 15) is 4.79 Å². The summed E-state index contributed by atoms with van der Waals surface area (Å²) in [6.07, 6.45) is 2.72. The quantitative estimate of drug-likeness (QED) is 0.629. The number of rotatable bonds is 4. The standard InChI is InChI=1S/C19H21N3O3S/c1-19(2,3)25-18(23)22-12-21-16-9-15(10-20-17(16)22)26-11-13-5-7-14(24-4)8-6-13/h5-10,12H,11H2,1-4H3. The van der Waals surface area contributed by atoms with E-state index in [1.54, 1.807) is 25.1 Å². The van der Waals surface area contributed by atoms with E-state index in [-0.39, 0.29) is 0 Å². The number of aromatic nitrogens is 3. The third-order valence-electron chi connectivity index (χ3n) is 3.52. The van der Waals surface area contributed by atoms with Crippen molar-refractivity contribution in [1.82, 2.24) is 14.5 Å². The molecule has 0 amide bonds. The SMILES string of the molecule is COc1ccc(CSc2cnc3c(c2)ncn3C(=O)OC(C)(C)C)cc1. The van der Waals surface area contributed by atoms with Gasteiger partial charge in [0.25, 0.3) is 0 Å². The van der Waals surface area contributed by atoms with Gasteiger partial charge in [-0.25, -0.2) is 19.3 Å². The van der Waals surface area contributed by atoms with Crippen molar-refractivity contribution in [2.45, 2.75) is 37.0 Å². The van der Waals surface area contributed by atoms with Crippen LogP contribution in [0.15, 0.2) is 47.8 Å². The Labute approximate surface area is 156 Å². The number of methoxy groups -OCH3 is 1. The highest BCUT2D eigenvalue weighted by molar-refractivity contribution is 7.98. The molecular weight excluding hydrogens is 350 g/mol. The lowest BCUT2D eigenvalue weighted by molar-refractivity contribution is 0.0542. The molecule has 26 heavy (non-hydrogen) atoms. The zero-order chi connectivity index (χ0) is 18.7. The number of fused-ring (bicyclic) bond motifs is 1. The monoisotopic (exact) mass is 371 g/mol. The van der Waals surface area contributed by atoms with Gasteiger partial charge in [0.05, 0.1) is 7.11 Å². The number of carbonyl (C=O) groups is 1. The van der Waals surface area contributed by atoms with Crippen LogP contribution in [0.1, 0.15) is 26.3 Å². The van der Waals surface area contributed by atoms with Crippen molar-refractivity contribution in [3.05, 3.63) is 48.4 Å². The molecule has 0 aliphatic carbocycles. The zero-order valence-electron chi connectivity index (χ0n) is 15.2. The molecule has 7 heteroatoms. The van der Waals surface area contributed by atoms with Crippen LogP contribution >= 0.6 is 11.8 Å². The van der Waals surface area contributed by atoms with E-state index in [4.69, 9.17) is 9.47 Å². The maximum atomic E-state index is 12.2. The van der Waals surface area contributed by atoms with Gasteiger partial charge >= 0.3 is 6.09 Å². The van der Waals surface area contributed by atoms with Crippen LogP contribution in [0.5, 0.6) is 5.75 Å². The van der Waals surface area contributed by atoms with Gasteiger partial charge in [-0.15, -0.1) is 11.8 Å². The molecule has 2 heterocycles. The van der Waals surface area contributed by atoms with E-state index in [1.165, 1.54) is 16.5 Å². The molecular formula is C19H21N3O3S. The molecule has 0 unspecified atom stereocenters. The van der Waals surface area contributed by atoms with Gasteiger partial charge in [0.15, 0.2) is 5.65 Å². The highest BCUT2D eigenvalue weighted by Crippen LogP contribution is 2.26. The summed E-state index contributed by atoms with van der Waals surface area (Å²) in [6, 6.07) is 9.89. The molecule has 0 bridgehead atoms. The van der Waals surface area contributed by atoms with Crippen molar-refractivity contribution < 1.29 is 14.3 Å². The lowest BCUT2D eigenvalue weighted by atomic mass is 10.2. The number of hydrogen-bond donors (Lipinski definition) is 0. The summed E-state index contributed by atoms with van der Waals surface area (Å²) in [5, 5.41) is 0. The number of imidazole rings is 1. The number of hydrogen-bond acceptors (Lipinski definition) is 6. The van der Waals surface area contributed by atoms with Crippen LogP contribution in [0, 0.1) is 0 Å². The van der Waals surface area contributed by atoms with Gasteiger partial charge in [-0.3, -0.25) is 0 Å². The maximum Gasteiger partial charge on any atom is 0.421 e. The Morgan fingerprint density at radius 2 is 1.92 bits per heavy atom. The molecule has 6 nitrogen and oxygen atoms in total. The van der Waals surface area contributed by atoms with Crippen molar-refractivity contribution in [3.8, 4) is 5.75 Å². The molecule has 0 aliphatic heterocycles. The van der Waals surface area contributed by atoms with E-state index in [2.05, 4.69) is 9.97 Å². The molecule has 0 saturated heterocycles. The molecule has 0 N–H and O–H groups in total. The van der Waals surface area contributed by atoms with Crippen molar-refractivity contribution in [2.24, 2.45) is 0 Å². The Morgan fingerprint density at radius 1 is 1.19 bits per heavy atom. The number of nitrogens with zero attached hydrogens (tertiary/aromatic N) is 3. The second-order valence-electron chi connectivity index (χ2n) is 6.75. The number of benzene rings is 1. The topological polar surface area (TPSA) is 66.2 Å². The number of ether oxygens (including phenoxy) is 2. The first-order valence-electron chi connectivity index (χ1n) is 8.18.